The molecule has 0 radical (unpaired) electrons. The van der Waals surface area contributed by atoms with E-state index >= 15 is 0 Å². The van der Waals surface area contributed by atoms with Crippen LogP contribution in [-0.2, 0) is 14.3 Å². The van der Waals surface area contributed by atoms with Crippen molar-refractivity contribution in [2.75, 3.05) is 13.7 Å². The van der Waals surface area contributed by atoms with Gasteiger partial charge >= 0.3 is 5.97 Å². The van der Waals surface area contributed by atoms with Crippen LogP contribution in [0.4, 0.5) is 0 Å². The third kappa shape index (κ3) is 3.71. The Morgan fingerprint density at radius 1 is 1.22 bits per heavy atom. The number of rotatable bonds is 9. The third-order valence-corrected chi connectivity index (χ3v) is 4.47. The molecule has 1 unspecified atom stereocenters. The predicted molar refractivity (Wildman–Crippen MR) is 70.4 cm³/mol. The lowest BCUT2D eigenvalue weighted by atomic mass is 9.81. The number of methoxy groups -OCH3 is 1. The molecular formula is C15H26O3. The summed E-state index contributed by atoms with van der Waals surface area (Å²) in [6, 6.07) is 0. The zero-order valence-electron chi connectivity index (χ0n) is 11.6. The van der Waals surface area contributed by atoms with E-state index < -0.39 is 5.60 Å². The molecule has 104 valence electrons. The average molecular weight is 254 g/mol. The zero-order valence-corrected chi connectivity index (χ0v) is 11.6. The normalized spacial score (nSPS) is 26.7. The van der Waals surface area contributed by atoms with Gasteiger partial charge in [0, 0.05) is 0 Å². The van der Waals surface area contributed by atoms with Gasteiger partial charge in [-0.25, -0.2) is 4.79 Å². The highest BCUT2D eigenvalue weighted by atomic mass is 16.6. The second kappa shape index (κ2) is 6.55. The summed E-state index contributed by atoms with van der Waals surface area (Å²) in [6.07, 6.45) is 13.0. The van der Waals surface area contributed by atoms with Crippen LogP contribution in [0.3, 0.4) is 0 Å². The Morgan fingerprint density at radius 2 is 1.89 bits per heavy atom. The molecular weight excluding hydrogens is 228 g/mol. The molecule has 3 nitrogen and oxygen atoms in total. The summed E-state index contributed by atoms with van der Waals surface area (Å²) >= 11 is 0. The van der Waals surface area contributed by atoms with Gasteiger partial charge in [0.2, 0.25) is 0 Å². The van der Waals surface area contributed by atoms with Crippen LogP contribution in [0.2, 0.25) is 0 Å². The van der Waals surface area contributed by atoms with Gasteiger partial charge in [0.25, 0.3) is 0 Å². The molecule has 2 fully saturated rings. The Hall–Kier alpha value is -0.570. The molecule has 2 rings (SSSR count). The maximum Gasteiger partial charge on any atom is 0.340 e. The van der Waals surface area contributed by atoms with Crippen molar-refractivity contribution in [3.63, 3.8) is 0 Å². The molecule has 1 atom stereocenters. The molecule has 1 saturated carbocycles. The van der Waals surface area contributed by atoms with Gasteiger partial charge in [0.05, 0.1) is 13.7 Å². The van der Waals surface area contributed by atoms with E-state index in [0.717, 1.165) is 18.8 Å². The fourth-order valence-corrected chi connectivity index (χ4v) is 2.79. The smallest absolute Gasteiger partial charge is 0.340 e. The van der Waals surface area contributed by atoms with Crippen LogP contribution in [0.5, 0.6) is 0 Å². The first-order chi connectivity index (χ1) is 8.77. The summed E-state index contributed by atoms with van der Waals surface area (Å²) in [4.78, 5) is 11.4. The van der Waals surface area contributed by atoms with Gasteiger partial charge in [-0.2, -0.15) is 0 Å². The maximum atomic E-state index is 11.4. The van der Waals surface area contributed by atoms with Crippen LogP contribution in [0.15, 0.2) is 0 Å². The quantitative estimate of drug-likeness (QED) is 0.359. The molecule has 0 bridgehead atoms. The third-order valence-electron chi connectivity index (χ3n) is 4.47. The van der Waals surface area contributed by atoms with Crippen LogP contribution in [-0.4, -0.2) is 25.3 Å². The van der Waals surface area contributed by atoms with Gasteiger partial charge < -0.3 is 9.47 Å². The first-order valence-electron chi connectivity index (χ1n) is 7.49. The predicted octanol–water partition coefficient (Wildman–Crippen LogP) is 3.46. The molecule has 2 aliphatic rings. The van der Waals surface area contributed by atoms with E-state index in [-0.39, 0.29) is 5.97 Å². The lowest BCUT2D eigenvalue weighted by molar-refractivity contribution is -0.147. The number of ether oxygens (including phenoxy) is 2. The van der Waals surface area contributed by atoms with E-state index in [1.165, 1.54) is 58.5 Å². The molecule has 0 N–H and O–H groups in total. The summed E-state index contributed by atoms with van der Waals surface area (Å²) in [5.41, 5.74) is -0.555. The molecule has 0 spiro atoms. The molecule has 1 aliphatic carbocycles. The Labute approximate surface area is 110 Å². The fourth-order valence-electron chi connectivity index (χ4n) is 2.79. The molecule has 0 aromatic heterocycles. The van der Waals surface area contributed by atoms with Gasteiger partial charge in [-0.15, -0.1) is 0 Å². The van der Waals surface area contributed by atoms with Crippen molar-refractivity contribution in [1.29, 1.82) is 0 Å². The monoisotopic (exact) mass is 254 g/mol. The summed E-state index contributed by atoms with van der Waals surface area (Å²) < 4.78 is 10.0. The second-order valence-corrected chi connectivity index (χ2v) is 5.88. The standard InChI is InChI=1S/C15H26O3/c1-17-14(16)15(12-18-15)11-6-4-2-3-5-8-13-9-7-10-13/h13H,2-12H2,1H3. The average Bonchev–Trinajstić information content (AvgIpc) is 3.10. The molecule has 3 heteroatoms. The summed E-state index contributed by atoms with van der Waals surface area (Å²) in [5, 5.41) is 0. The fraction of sp³-hybridized carbons (Fsp3) is 0.933. The number of carbonyl (C=O) groups is 1. The minimum atomic E-state index is -0.555. The lowest BCUT2D eigenvalue weighted by Gasteiger charge is -2.24. The number of hydrogen-bond donors (Lipinski definition) is 0. The van der Waals surface area contributed by atoms with E-state index in [1.54, 1.807) is 0 Å². The highest BCUT2D eigenvalue weighted by Gasteiger charge is 2.52. The van der Waals surface area contributed by atoms with Crippen LogP contribution in [0.1, 0.15) is 64.2 Å². The summed E-state index contributed by atoms with van der Waals surface area (Å²) in [6.45, 7) is 0.557. The minimum Gasteiger partial charge on any atom is -0.467 e. The van der Waals surface area contributed by atoms with Gasteiger partial charge in [-0.3, -0.25) is 0 Å². The second-order valence-electron chi connectivity index (χ2n) is 5.88. The Bertz CT molecular complexity index is 267. The Balaban J connectivity index is 1.42. The number of unbranched alkanes of at least 4 members (excludes halogenated alkanes) is 4. The SMILES string of the molecule is COC(=O)C1(CCCCCCCC2CCC2)CO1. The largest absolute Gasteiger partial charge is 0.467 e. The van der Waals surface area contributed by atoms with Crippen LogP contribution in [0, 0.1) is 5.92 Å². The van der Waals surface area contributed by atoms with E-state index in [0.29, 0.717) is 6.61 Å². The molecule has 0 aromatic carbocycles. The van der Waals surface area contributed by atoms with Gasteiger partial charge in [0.15, 0.2) is 5.60 Å². The molecule has 1 heterocycles. The van der Waals surface area contributed by atoms with Crippen molar-refractivity contribution in [2.24, 2.45) is 5.92 Å². The van der Waals surface area contributed by atoms with Crippen molar-refractivity contribution in [3.05, 3.63) is 0 Å². The lowest BCUT2D eigenvalue weighted by Crippen LogP contribution is -2.25. The van der Waals surface area contributed by atoms with E-state index in [9.17, 15) is 4.79 Å². The van der Waals surface area contributed by atoms with Crippen molar-refractivity contribution in [2.45, 2.75) is 69.8 Å². The van der Waals surface area contributed by atoms with Crippen molar-refractivity contribution in [3.8, 4) is 0 Å². The van der Waals surface area contributed by atoms with Crippen LogP contribution < -0.4 is 0 Å². The van der Waals surface area contributed by atoms with Gasteiger partial charge in [0.1, 0.15) is 0 Å². The zero-order chi connectivity index (χ0) is 12.8. The first kappa shape index (κ1) is 13.9. The highest BCUT2D eigenvalue weighted by molar-refractivity contribution is 5.82. The van der Waals surface area contributed by atoms with E-state index in [2.05, 4.69) is 0 Å². The topological polar surface area (TPSA) is 38.8 Å². The molecule has 1 aliphatic heterocycles. The number of epoxide rings is 1. The number of esters is 1. The maximum absolute atomic E-state index is 11.4. The molecule has 0 amide bonds. The van der Waals surface area contributed by atoms with Gasteiger partial charge in [-0.05, 0) is 18.8 Å². The number of hydrogen-bond acceptors (Lipinski definition) is 3. The highest BCUT2D eigenvalue weighted by Crippen LogP contribution is 2.34. The van der Waals surface area contributed by atoms with Crippen LogP contribution in [0.25, 0.3) is 0 Å². The van der Waals surface area contributed by atoms with Crippen molar-refractivity contribution < 1.29 is 14.3 Å². The summed E-state index contributed by atoms with van der Waals surface area (Å²) in [5.74, 6) is 0.861. The molecule has 1 saturated heterocycles. The molecule has 18 heavy (non-hydrogen) atoms. The van der Waals surface area contributed by atoms with Crippen molar-refractivity contribution in [1.82, 2.24) is 0 Å². The first-order valence-corrected chi connectivity index (χ1v) is 7.49. The summed E-state index contributed by atoms with van der Waals surface area (Å²) in [7, 11) is 1.44. The van der Waals surface area contributed by atoms with E-state index in [1.807, 2.05) is 0 Å². The van der Waals surface area contributed by atoms with Crippen molar-refractivity contribution >= 4 is 5.97 Å². The minimum absolute atomic E-state index is 0.188. The molecule has 0 aromatic rings. The van der Waals surface area contributed by atoms with E-state index in [4.69, 9.17) is 9.47 Å². The van der Waals surface area contributed by atoms with Gasteiger partial charge in [-0.1, -0.05) is 51.4 Å². The van der Waals surface area contributed by atoms with Crippen LogP contribution >= 0.6 is 0 Å². The Morgan fingerprint density at radius 3 is 2.44 bits per heavy atom. The Kier molecular flexibility index (Phi) is 5.04. The number of carbonyl (C=O) groups excluding carboxylic acids is 1.